The molecular weight excluding hydrogens is 289 g/mol. The average Bonchev–Trinajstić information content (AvgIpc) is 2.38. The van der Waals surface area contributed by atoms with Gasteiger partial charge >= 0.3 is 6.18 Å². The van der Waals surface area contributed by atoms with E-state index in [4.69, 9.17) is 5.73 Å². The fraction of sp³-hybridized carbons (Fsp3) is 0.200. The highest BCUT2D eigenvalue weighted by atomic mass is 19.4. The summed E-state index contributed by atoms with van der Waals surface area (Å²) < 4.78 is 64.4. The first-order valence-electron chi connectivity index (χ1n) is 6.14. The summed E-state index contributed by atoms with van der Waals surface area (Å²) in [6.07, 6.45) is -4.38. The summed E-state index contributed by atoms with van der Waals surface area (Å²) in [6.45, 7) is 0. The number of hydrogen-bond acceptors (Lipinski definition) is 1. The van der Waals surface area contributed by atoms with Gasteiger partial charge in [0.1, 0.15) is 11.6 Å². The molecule has 0 fully saturated rings. The summed E-state index contributed by atoms with van der Waals surface area (Å²) in [5.41, 5.74) is 5.17. The van der Waals surface area contributed by atoms with Crippen LogP contribution in [0.3, 0.4) is 0 Å². The molecule has 0 saturated carbocycles. The van der Waals surface area contributed by atoms with Gasteiger partial charge in [-0.1, -0.05) is 18.2 Å². The SMILES string of the molecule is NC(Cc1ccc(C(F)(F)F)cc1)c1c(F)cccc1F. The Morgan fingerprint density at radius 1 is 0.905 bits per heavy atom. The van der Waals surface area contributed by atoms with Gasteiger partial charge in [-0.05, 0) is 36.2 Å². The van der Waals surface area contributed by atoms with Crippen molar-refractivity contribution in [3.8, 4) is 0 Å². The van der Waals surface area contributed by atoms with Crippen LogP contribution < -0.4 is 5.73 Å². The molecule has 0 aromatic heterocycles. The number of halogens is 5. The fourth-order valence-electron chi connectivity index (χ4n) is 2.05. The van der Waals surface area contributed by atoms with Crippen molar-refractivity contribution in [2.24, 2.45) is 5.73 Å². The van der Waals surface area contributed by atoms with Crippen LogP contribution in [0.2, 0.25) is 0 Å². The van der Waals surface area contributed by atoms with Gasteiger partial charge in [0.15, 0.2) is 0 Å². The smallest absolute Gasteiger partial charge is 0.323 e. The van der Waals surface area contributed by atoms with Crippen molar-refractivity contribution in [1.82, 2.24) is 0 Å². The molecule has 1 unspecified atom stereocenters. The standard InChI is InChI=1S/C15H12F5N/c16-11-2-1-3-12(17)14(11)13(21)8-9-4-6-10(7-5-9)15(18,19)20/h1-7,13H,8,21H2. The molecule has 0 radical (unpaired) electrons. The lowest BCUT2D eigenvalue weighted by molar-refractivity contribution is -0.137. The highest BCUT2D eigenvalue weighted by molar-refractivity contribution is 5.29. The molecule has 0 aliphatic rings. The zero-order chi connectivity index (χ0) is 15.6. The van der Waals surface area contributed by atoms with E-state index >= 15 is 0 Å². The van der Waals surface area contributed by atoms with E-state index in [-0.39, 0.29) is 12.0 Å². The minimum atomic E-state index is -4.42. The van der Waals surface area contributed by atoms with Crippen LogP contribution in [0.4, 0.5) is 22.0 Å². The van der Waals surface area contributed by atoms with Crippen molar-refractivity contribution in [1.29, 1.82) is 0 Å². The topological polar surface area (TPSA) is 26.0 Å². The van der Waals surface area contributed by atoms with Crippen LogP contribution in [0.25, 0.3) is 0 Å². The molecule has 0 saturated heterocycles. The van der Waals surface area contributed by atoms with E-state index in [1.807, 2.05) is 0 Å². The van der Waals surface area contributed by atoms with Crippen molar-refractivity contribution in [3.63, 3.8) is 0 Å². The summed E-state index contributed by atoms with van der Waals surface area (Å²) in [6, 6.07) is 6.76. The van der Waals surface area contributed by atoms with Gasteiger partial charge in [0.2, 0.25) is 0 Å². The van der Waals surface area contributed by atoms with Crippen molar-refractivity contribution in [2.45, 2.75) is 18.6 Å². The number of nitrogens with two attached hydrogens (primary N) is 1. The second kappa shape index (κ2) is 5.81. The lowest BCUT2D eigenvalue weighted by Crippen LogP contribution is -2.17. The van der Waals surface area contributed by atoms with E-state index in [0.29, 0.717) is 5.56 Å². The molecule has 21 heavy (non-hydrogen) atoms. The van der Waals surface area contributed by atoms with Gasteiger partial charge in [-0.2, -0.15) is 13.2 Å². The number of benzene rings is 2. The van der Waals surface area contributed by atoms with Gasteiger partial charge in [-0.15, -0.1) is 0 Å². The summed E-state index contributed by atoms with van der Waals surface area (Å²) in [5.74, 6) is -1.54. The first-order valence-corrected chi connectivity index (χ1v) is 6.14. The van der Waals surface area contributed by atoms with Crippen LogP contribution >= 0.6 is 0 Å². The van der Waals surface area contributed by atoms with E-state index in [9.17, 15) is 22.0 Å². The largest absolute Gasteiger partial charge is 0.416 e. The molecule has 0 amide bonds. The van der Waals surface area contributed by atoms with E-state index < -0.39 is 29.4 Å². The minimum Gasteiger partial charge on any atom is -0.323 e. The van der Waals surface area contributed by atoms with Crippen molar-refractivity contribution < 1.29 is 22.0 Å². The van der Waals surface area contributed by atoms with Crippen LogP contribution in [0.15, 0.2) is 42.5 Å². The Kier molecular flexibility index (Phi) is 4.27. The molecule has 0 heterocycles. The molecule has 0 aliphatic heterocycles. The molecule has 2 rings (SSSR count). The molecule has 1 atom stereocenters. The predicted molar refractivity (Wildman–Crippen MR) is 68.4 cm³/mol. The Bertz CT molecular complexity index is 599. The third-order valence-corrected chi connectivity index (χ3v) is 3.11. The lowest BCUT2D eigenvalue weighted by atomic mass is 9.98. The second-order valence-electron chi connectivity index (χ2n) is 4.64. The molecule has 2 aromatic carbocycles. The maximum atomic E-state index is 13.6. The van der Waals surface area contributed by atoms with Gasteiger partial charge in [0.05, 0.1) is 5.56 Å². The Hall–Kier alpha value is -1.95. The van der Waals surface area contributed by atoms with E-state index in [0.717, 1.165) is 24.3 Å². The molecule has 0 spiro atoms. The minimum absolute atomic E-state index is 0.0377. The Morgan fingerprint density at radius 2 is 1.43 bits per heavy atom. The Balaban J connectivity index is 2.18. The number of alkyl halides is 3. The highest BCUT2D eigenvalue weighted by Gasteiger charge is 2.30. The van der Waals surface area contributed by atoms with Gasteiger partial charge < -0.3 is 5.73 Å². The van der Waals surface area contributed by atoms with Gasteiger partial charge in [-0.25, -0.2) is 8.78 Å². The number of rotatable bonds is 3. The molecular formula is C15H12F5N. The summed E-state index contributed by atoms with van der Waals surface area (Å²) in [5, 5.41) is 0. The molecule has 2 N–H and O–H groups in total. The van der Waals surface area contributed by atoms with E-state index in [2.05, 4.69) is 0 Å². The van der Waals surface area contributed by atoms with Gasteiger partial charge in [-0.3, -0.25) is 0 Å². The van der Waals surface area contributed by atoms with Gasteiger partial charge in [0, 0.05) is 11.6 Å². The third-order valence-electron chi connectivity index (χ3n) is 3.11. The molecule has 1 nitrogen and oxygen atoms in total. The zero-order valence-electron chi connectivity index (χ0n) is 10.8. The van der Waals surface area contributed by atoms with Crippen LogP contribution in [0.1, 0.15) is 22.7 Å². The maximum absolute atomic E-state index is 13.6. The van der Waals surface area contributed by atoms with Crippen LogP contribution in [0.5, 0.6) is 0 Å². The van der Waals surface area contributed by atoms with Crippen molar-refractivity contribution in [3.05, 3.63) is 70.8 Å². The summed E-state index contributed by atoms with van der Waals surface area (Å²) in [7, 11) is 0. The first-order chi connectivity index (χ1) is 9.79. The number of hydrogen-bond donors (Lipinski definition) is 1. The summed E-state index contributed by atoms with van der Waals surface area (Å²) in [4.78, 5) is 0. The zero-order valence-corrected chi connectivity index (χ0v) is 10.8. The maximum Gasteiger partial charge on any atom is 0.416 e. The lowest BCUT2D eigenvalue weighted by Gasteiger charge is -2.14. The third kappa shape index (κ3) is 3.58. The van der Waals surface area contributed by atoms with Crippen LogP contribution in [0, 0.1) is 11.6 Å². The Morgan fingerprint density at radius 3 is 1.90 bits per heavy atom. The van der Waals surface area contributed by atoms with Crippen LogP contribution in [-0.4, -0.2) is 0 Å². The summed E-state index contributed by atoms with van der Waals surface area (Å²) >= 11 is 0. The van der Waals surface area contributed by atoms with Crippen LogP contribution in [-0.2, 0) is 12.6 Å². The van der Waals surface area contributed by atoms with E-state index in [1.54, 1.807) is 0 Å². The molecule has 0 bridgehead atoms. The monoisotopic (exact) mass is 301 g/mol. The normalized spacial score (nSPS) is 13.2. The fourth-order valence-corrected chi connectivity index (χ4v) is 2.05. The second-order valence-corrected chi connectivity index (χ2v) is 4.64. The highest BCUT2D eigenvalue weighted by Crippen LogP contribution is 2.30. The predicted octanol–water partition coefficient (Wildman–Crippen LogP) is 4.23. The molecule has 2 aromatic rings. The van der Waals surface area contributed by atoms with Crippen molar-refractivity contribution in [2.75, 3.05) is 0 Å². The average molecular weight is 301 g/mol. The van der Waals surface area contributed by atoms with Crippen molar-refractivity contribution >= 4 is 0 Å². The Labute approximate surface area is 118 Å². The quantitative estimate of drug-likeness (QED) is 0.844. The molecule has 6 heteroatoms. The van der Waals surface area contributed by atoms with Gasteiger partial charge in [0.25, 0.3) is 0 Å². The van der Waals surface area contributed by atoms with E-state index in [1.165, 1.54) is 18.2 Å². The molecule has 0 aliphatic carbocycles. The first kappa shape index (κ1) is 15.4. The molecule has 112 valence electrons.